The number of hydrogen-bond acceptors (Lipinski definition) is 4. The zero-order chi connectivity index (χ0) is 13.3. The van der Waals surface area contributed by atoms with Crippen LogP contribution in [0.4, 0.5) is 0 Å². The predicted molar refractivity (Wildman–Crippen MR) is 67.8 cm³/mol. The van der Waals surface area contributed by atoms with Crippen molar-refractivity contribution in [1.82, 2.24) is 10.6 Å². The Morgan fingerprint density at radius 1 is 1.41 bits per heavy atom. The van der Waals surface area contributed by atoms with Crippen LogP contribution in [0.25, 0.3) is 0 Å². The molecule has 1 amide bonds. The number of methoxy groups -OCH3 is 1. The van der Waals surface area contributed by atoms with Gasteiger partial charge >= 0.3 is 0 Å². The van der Waals surface area contributed by atoms with Crippen LogP contribution in [0.1, 0.15) is 27.2 Å². The number of amides is 1. The van der Waals surface area contributed by atoms with Crippen molar-refractivity contribution in [2.24, 2.45) is 5.41 Å². The average molecular weight is 246 g/mol. The summed E-state index contributed by atoms with van der Waals surface area (Å²) in [5.74, 6) is -0.0468. The standard InChI is InChI=1S/C12H26N2O3/c1-12(2,3)10(5-7-15)14-11(16)9-13-6-8-17-4/h10,13,15H,5-9H2,1-4H3,(H,14,16). The molecule has 3 N–H and O–H groups in total. The van der Waals surface area contributed by atoms with Gasteiger partial charge in [-0.3, -0.25) is 4.79 Å². The van der Waals surface area contributed by atoms with E-state index in [1.165, 1.54) is 0 Å². The number of nitrogens with one attached hydrogen (secondary N) is 2. The van der Waals surface area contributed by atoms with Gasteiger partial charge in [0.15, 0.2) is 0 Å². The summed E-state index contributed by atoms with van der Waals surface area (Å²) in [5, 5.41) is 14.9. The molecule has 0 aromatic carbocycles. The zero-order valence-electron chi connectivity index (χ0n) is 11.4. The molecule has 0 spiro atoms. The normalized spacial score (nSPS) is 13.5. The number of carbonyl (C=O) groups excluding carboxylic acids is 1. The number of carbonyl (C=O) groups is 1. The van der Waals surface area contributed by atoms with Crippen LogP contribution in [0, 0.1) is 5.41 Å². The Morgan fingerprint density at radius 2 is 2.06 bits per heavy atom. The van der Waals surface area contributed by atoms with Gasteiger partial charge in [0.1, 0.15) is 0 Å². The lowest BCUT2D eigenvalue weighted by molar-refractivity contribution is -0.121. The topological polar surface area (TPSA) is 70.6 Å². The van der Waals surface area contributed by atoms with Crippen LogP contribution in [0.2, 0.25) is 0 Å². The van der Waals surface area contributed by atoms with E-state index in [4.69, 9.17) is 9.84 Å². The molecule has 102 valence electrons. The van der Waals surface area contributed by atoms with Crippen LogP contribution in [0.3, 0.4) is 0 Å². The van der Waals surface area contributed by atoms with Crippen LogP contribution >= 0.6 is 0 Å². The van der Waals surface area contributed by atoms with Gasteiger partial charge in [-0.05, 0) is 11.8 Å². The summed E-state index contributed by atoms with van der Waals surface area (Å²) < 4.78 is 4.87. The van der Waals surface area contributed by atoms with Crippen LogP contribution in [0.15, 0.2) is 0 Å². The van der Waals surface area contributed by atoms with Crippen molar-refractivity contribution in [2.75, 3.05) is 33.4 Å². The number of aliphatic hydroxyl groups excluding tert-OH is 1. The Kier molecular flexibility index (Phi) is 8.12. The fourth-order valence-corrected chi connectivity index (χ4v) is 1.47. The van der Waals surface area contributed by atoms with Gasteiger partial charge < -0.3 is 20.5 Å². The summed E-state index contributed by atoms with van der Waals surface area (Å²) in [6.07, 6.45) is 0.577. The van der Waals surface area contributed by atoms with Crippen molar-refractivity contribution < 1.29 is 14.6 Å². The van der Waals surface area contributed by atoms with E-state index in [0.717, 1.165) is 0 Å². The second kappa shape index (κ2) is 8.44. The summed E-state index contributed by atoms with van der Waals surface area (Å²) in [7, 11) is 1.62. The first-order chi connectivity index (χ1) is 7.91. The maximum Gasteiger partial charge on any atom is 0.234 e. The van der Waals surface area contributed by atoms with Crippen molar-refractivity contribution in [3.05, 3.63) is 0 Å². The molecule has 0 bridgehead atoms. The van der Waals surface area contributed by atoms with Crippen LogP contribution < -0.4 is 10.6 Å². The van der Waals surface area contributed by atoms with Crippen molar-refractivity contribution in [1.29, 1.82) is 0 Å². The van der Waals surface area contributed by atoms with Crippen molar-refractivity contribution in [2.45, 2.75) is 33.2 Å². The van der Waals surface area contributed by atoms with Gasteiger partial charge in [-0.2, -0.15) is 0 Å². The number of hydrogen-bond donors (Lipinski definition) is 3. The molecule has 5 heteroatoms. The Balaban J connectivity index is 3.96. The highest BCUT2D eigenvalue weighted by Gasteiger charge is 2.25. The lowest BCUT2D eigenvalue weighted by Crippen LogP contribution is -2.47. The Hall–Kier alpha value is -0.650. The molecular weight excluding hydrogens is 220 g/mol. The monoisotopic (exact) mass is 246 g/mol. The van der Waals surface area contributed by atoms with Crippen LogP contribution in [0.5, 0.6) is 0 Å². The van der Waals surface area contributed by atoms with Gasteiger partial charge in [-0.25, -0.2) is 0 Å². The van der Waals surface area contributed by atoms with E-state index in [-0.39, 0.29) is 30.5 Å². The molecule has 0 heterocycles. The van der Waals surface area contributed by atoms with Crippen molar-refractivity contribution in [3.63, 3.8) is 0 Å². The Morgan fingerprint density at radius 3 is 2.53 bits per heavy atom. The predicted octanol–water partition coefficient (Wildman–Crippen LogP) is 0.136. The van der Waals surface area contributed by atoms with E-state index in [0.29, 0.717) is 19.6 Å². The second-order valence-corrected chi connectivity index (χ2v) is 5.17. The molecular formula is C12H26N2O3. The lowest BCUT2D eigenvalue weighted by Gasteiger charge is -2.31. The third-order valence-electron chi connectivity index (χ3n) is 2.57. The highest BCUT2D eigenvalue weighted by Crippen LogP contribution is 2.21. The Labute approximate surface area is 104 Å². The largest absolute Gasteiger partial charge is 0.396 e. The fraction of sp³-hybridized carbons (Fsp3) is 0.917. The SMILES string of the molecule is COCCNCC(=O)NC(CCO)C(C)(C)C. The second-order valence-electron chi connectivity index (χ2n) is 5.17. The van der Waals surface area contributed by atoms with Crippen LogP contribution in [-0.4, -0.2) is 50.5 Å². The van der Waals surface area contributed by atoms with Crippen molar-refractivity contribution in [3.8, 4) is 0 Å². The quantitative estimate of drug-likeness (QED) is 0.533. The smallest absolute Gasteiger partial charge is 0.234 e. The number of aliphatic hydroxyl groups is 1. The first-order valence-electron chi connectivity index (χ1n) is 6.01. The summed E-state index contributed by atoms with van der Waals surface area (Å²) in [5.41, 5.74) is -0.0507. The highest BCUT2D eigenvalue weighted by molar-refractivity contribution is 5.78. The zero-order valence-corrected chi connectivity index (χ0v) is 11.4. The van der Waals surface area contributed by atoms with E-state index in [1.807, 2.05) is 20.8 Å². The van der Waals surface area contributed by atoms with E-state index in [2.05, 4.69) is 10.6 Å². The van der Waals surface area contributed by atoms with Crippen molar-refractivity contribution >= 4 is 5.91 Å². The molecule has 0 saturated heterocycles. The van der Waals surface area contributed by atoms with E-state index in [9.17, 15) is 4.79 Å². The van der Waals surface area contributed by atoms with E-state index >= 15 is 0 Å². The average Bonchev–Trinajstić information content (AvgIpc) is 2.22. The highest BCUT2D eigenvalue weighted by atomic mass is 16.5. The first kappa shape index (κ1) is 16.4. The molecule has 0 aromatic heterocycles. The molecule has 0 aliphatic rings. The van der Waals surface area contributed by atoms with E-state index < -0.39 is 0 Å². The summed E-state index contributed by atoms with van der Waals surface area (Å²) in [6, 6.07) is -0.00998. The molecule has 0 radical (unpaired) electrons. The maximum atomic E-state index is 11.6. The van der Waals surface area contributed by atoms with Crippen LogP contribution in [-0.2, 0) is 9.53 Å². The molecule has 0 saturated carbocycles. The minimum absolute atomic E-state index is 0.00998. The van der Waals surface area contributed by atoms with Gasteiger partial charge in [0, 0.05) is 26.3 Å². The molecule has 1 unspecified atom stereocenters. The molecule has 0 aliphatic carbocycles. The van der Waals surface area contributed by atoms with Gasteiger partial charge in [-0.15, -0.1) is 0 Å². The van der Waals surface area contributed by atoms with Gasteiger partial charge in [-0.1, -0.05) is 20.8 Å². The molecule has 0 fully saturated rings. The molecule has 1 atom stereocenters. The Bertz CT molecular complexity index is 214. The fourth-order valence-electron chi connectivity index (χ4n) is 1.47. The van der Waals surface area contributed by atoms with E-state index in [1.54, 1.807) is 7.11 Å². The van der Waals surface area contributed by atoms with Gasteiger partial charge in [0.2, 0.25) is 5.91 Å². The number of ether oxygens (including phenoxy) is 1. The summed E-state index contributed by atoms with van der Waals surface area (Å²) >= 11 is 0. The lowest BCUT2D eigenvalue weighted by atomic mass is 9.85. The number of rotatable bonds is 8. The third-order valence-corrected chi connectivity index (χ3v) is 2.57. The minimum atomic E-state index is -0.0507. The first-order valence-corrected chi connectivity index (χ1v) is 6.01. The maximum absolute atomic E-state index is 11.6. The van der Waals surface area contributed by atoms with Gasteiger partial charge in [0.25, 0.3) is 0 Å². The molecule has 5 nitrogen and oxygen atoms in total. The molecule has 0 aromatic rings. The third kappa shape index (κ3) is 8.12. The molecule has 0 rings (SSSR count). The summed E-state index contributed by atoms with van der Waals surface area (Å²) in [4.78, 5) is 11.6. The molecule has 0 aliphatic heterocycles. The summed E-state index contributed by atoms with van der Waals surface area (Å²) in [6.45, 7) is 7.75. The van der Waals surface area contributed by atoms with Gasteiger partial charge in [0.05, 0.1) is 13.2 Å². The molecule has 17 heavy (non-hydrogen) atoms. The minimum Gasteiger partial charge on any atom is -0.396 e.